The van der Waals surface area contributed by atoms with Crippen LogP contribution in [-0.4, -0.2) is 12.5 Å². The van der Waals surface area contributed by atoms with Gasteiger partial charge in [-0.3, -0.25) is 4.79 Å². The first-order chi connectivity index (χ1) is 10.3. The number of hydrogen-bond acceptors (Lipinski definition) is 2. The second-order valence-corrected chi connectivity index (χ2v) is 7.45. The lowest BCUT2D eigenvalue weighted by Crippen LogP contribution is -2.38. The van der Waals surface area contributed by atoms with E-state index >= 15 is 0 Å². The quantitative estimate of drug-likeness (QED) is 0.805. The van der Waals surface area contributed by atoms with Gasteiger partial charge in [-0.25, -0.2) is 0 Å². The molecule has 1 amide bonds. The van der Waals surface area contributed by atoms with Gasteiger partial charge in [-0.1, -0.05) is 6.07 Å². The maximum absolute atomic E-state index is 13.1. The molecule has 5 rings (SSSR count). The first kappa shape index (κ1) is 12.1. The number of anilines is 2. The fraction of sp³-hybridized carbons (Fsp3) is 0.611. The van der Waals surface area contributed by atoms with E-state index in [1.165, 1.54) is 24.8 Å². The van der Waals surface area contributed by atoms with Gasteiger partial charge in [0.1, 0.15) is 0 Å². The molecule has 3 fully saturated rings. The van der Waals surface area contributed by atoms with Gasteiger partial charge in [0.15, 0.2) is 0 Å². The standard InChI is InChI=1S/C18H22N2O/c19-13-4-1-5-14-12(13)3-2-8-20(14)18(21)17-15-10-6-7-11(9-10)16(15)17/h1,4-5,10-11,15-17H,2-3,6-9,19H2. The van der Waals surface area contributed by atoms with Gasteiger partial charge in [-0.2, -0.15) is 0 Å². The van der Waals surface area contributed by atoms with E-state index in [4.69, 9.17) is 5.73 Å². The van der Waals surface area contributed by atoms with E-state index in [1.54, 1.807) is 0 Å². The lowest BCUT2D eigenvalue weighted by molar-refractivity contribution is -0.120. The number of fused-ring (bicyclic) bond motifs is 6. The highest BCUT2D eigenvalue weighted by atomic mass is 16.2. The second kappa shape index (κ2) is 4.02. The van der Waals surface area contributed by atoms with Gasteiger partial charge in [-0.05, 0) is 73.5 Å². The minimum Gasteiger partial charge on any atom is -0.398 e. The van der Waals surface area contributed by atoms with Crippen LogP contribution in [0.1, 0.15) is 31.2 Å². The van der Waals surface area contributed by atoms with Gasteiger partial charge < -0.3 is 10.6 Å². The van der Waals surface area contributed by atoms with Crippen molar-refractivity contribution in [2.75, 3.05) is 17.2 Å². The fourth-order valence-electron chi connectivity index (χ4n) is 5.72. The van der Waals surface area contributed by atoms with E-state index in [1.807, 2.05) is 12.1 Å². The van der Waals surface area contributed by atoms with E-state index in [-0.39, 0.29) is 0 Å². The number of nitrogen functional groups attached to an aromatic ring is 1. The SMILES string of the molecule is Nc1cccc2c1CCCN2C(=O)C1C2C3CCC(C3)C12. The predicted molar refractivity (Wildman–Crippen MR) is 82.8 cm³/mol. The molecule has 1 aliphatic heterocycles. The molecule has 21 heavy (non-hydrogen) atoms. The largest absolute Gasteiger partial charge is 0.398 e. The molecular weight excluding hydrogens is 260 g/mol. The third-order valence-electron chi connectivity index (χ3n) is 6.57. The van der Waals surface area contributed by atoms with Gasteiger partial charge in [0, 0.05) is 23.8 Å². The summed E-state index contributed by atoms with van der Waals surface area (Å²) >= 11 is 0. The summed E-state index contributed by atoms with van der Waals surface area (Å²) in [7, 11) is 0. The number of nitrogens with zero attached hydrogens (tertiary/aromatic N) is 1. The van der Waals surface area contributed by atoms with Crippen LogP contribution in [0.15, 0.2) is 18.2 Å². The highest BCUT2D eigenvalue weighted by molar-refractivity contribution is 5.99. The molecule has 4 unspecified atom stereocenters. The van der Waals surface area contributed by atoms with Crippen LogP contribution in [-0.2, 0) is 11.2 Å². The molecule has 0 radical (unpaired) electrons. The van der Waals surface area contributed by atoms with Crippen LogP contribution in [0.3, 0.4) is 0 Å². The zero-order valence-electron chi connectivity index (χ0n) is 12.3. The Morgan fingerprint density at radius 2 is 1.95 bits per heavy atom. The molecule has 1 heterocycles. The fourth-order valence-corrected chi connectivity index (χ4v) is 5.72. The first-order valence-corrected chi connectivity index (χ1v) is 8.44. The number of nitrogens with two attached hydrogens (primary N) is 1. The molecule has 3 heteroatoms. The van der Waals surface area contributed by atoms with Gasteiger partial charge in [0.05, 0.1) is 0 Å². The average Bonchev–Trinajstić information content (AvgIpc) is 2.94. The number of hydrogen-bond donors (Lipinski definition) is 1. The van der Waals surface area contributed by atoms with E-state index in [0.29, 0.717) is 11.8 Å². The van der Waals surface area contributed by atoms with Gasteiger partial charge >= 0.3 is 0 Å². The molecular formula is C18H22N2O. The van der Waals surface area contributed by atoms with Crippen molar-refractivity contribution in [1.82, 2.24) is 0 Å². The third-order valence-corrected chi connectivity index (χ3v) is 6.57. The Hall–Kier alpha value is -1.51. The summed E-state index contributed by atoms with van der Waals surface area (Å²) < 4.78 is 0. The van der Waals surface area contributed by atoms with Crippen LogP contribution < -0.4 is 10.6 Å². The summed E-state index contributed by atoms with van der Waals surface area (Å²) in [6.07, 6.45) is 6.21. The zero-order chi connectivity index (χ0) is 14.1. The van der Waals surface area contributed by atoms with Crippen LogP contribution in [0, 0.1) is 29.6 Å². The smallest absolute Gasteiger partial charge is 0.230 e. The van der Waals surface area contributed by atoms with Crippen molar-refractivity contribution >= 4 is 17.3 Å². The molecule has 0 saturated heterocycles. The summed E-state index contributed by atoms with van der Waals surface area (Å²) in [6, 6.07) is 6.02. The zero-order valence-corrected chi connectivity index (χ0v) is 12.3. The Balaban J connectivity index is 1.45. The molecule has 3 saturated carbocycles. The number of amides is 1. The van der Waals surface area contributed by atoms with Crippen LogP contribution in [0.5, 0.6) is 0 Å². The second-order valence-electron chi connectivity index (χ2n) is 7.45. The number of benzene rings is 1. The summed E-state index contributed by atoms with van der Waals surface area (Å²) in [5, 5.41) is 0. The average molecular weight is 282 g/mol. The molecule has 3 aliphatic carbocycles. The van der Waals surface area contributed by atoms with Crippen molar-refractivity contribution in [2.45, 2.75) is 32.1 Å². The lowest BCUT2D eigenvalue weighted by Gasteiger charge is -2.31. The van der Waals surface area contributed by atoms with Crippen molar-refractivity contribution in [1.29, 1.82) is 0 Å². The molecule has 0 aromatic heterocycles. The van der Waals surface area contributed by atoms with Crippen molar-refractivity contribution in [3.8, 4) is 0 Å². The topological polar surface area (TPSA) is 46.3 Å². The maximum Gasteiger partial charge on any atom is 0.230 e. The molecule has 2 N–H and O–H groups in total. The van der Waals surface area contributed by atoms with E-state index in [2.05, 4.69) is 11.0 Å². The van der Waals surface area contributed by atoms with Crippen LogP contribution >= 0.6 is 0 Å². The molecule has 0 spiro atoms. The Morgan fingerprint density at radius 3 is 2.71 bits per heavy atom. The minimum atomic E-state index is 0.337. The predicted octanol–water partition coefficient (Wildman–Crippen LogP) is 2.84. The Morgan fingerprint density at radius 1 is 1.19 bits per heavy atom. The van der Waals surface area contributed by atoms with E-state index in [9.17, 15) is 4.79 Å². The molecule has 3 nitrogen and oxygen atoms in total. The van der Waals surface area contributed by atoms with Crippen molar-refractivity contribution < 1.29 is 4.79 Å². The highest BCUT2D eigenvalue weighted by Gasteiger charge is 2.68. The number of carbonyl (C=O) groups is 1. The lowest BCUT2D eigenvalue weighted by atomic mass is 9.97. The Labute approximate surface area is 125 Å². The molecule has 2 bridgehead atoms. The Kier molecular flexibility index (Phi) is 2.31. The van der Waals surface area contributed by atoms with Crippen molar-refractivity contribution in [3.05, 3.63) is 23.8 Å². The van der Waals surface area contributed by atoms with Gasteiger partial charge in [0.2, 0.25) is 5.91 Å². The maximum atomic E-state index is 13.1. The molecule has 4 aliphatic rings. The molecule has 110 valence electrons. The Bertz CT molecular complexity index is 610. The molecule has 1 aromatic carbocycles. The third kappa shape index (κ3) is 1.52. The normalized spacial score (nSPS) is 39.0. The first-order valence-electron chi connectivity index (χ1n) is 8.44. The summed E-state index contributed by atoms with van der Waals surface area (Å²) in [6.45, 7) is 0.876. The van der Waals surface area contributed by atoms with Gasteiger partial charge in [-0.15, -0.1) is 0 Å². The molecule has 4 atom stereocenters. The summed E-state index contributed by atoms with van der Waals surface area (Å²) in [5.41, 5.74) is 9.22. The number of carbonyl (C=O) groups excluding carboxylic acids is 1. The van der Waals surface area contributed by atoms with Crippen molar-refractivity contribution in [2.24, 2.45) is 29.6 Å². The molecule has 1 aromatic rings. The monoisotopic (exact) mass is 282 g/mol. The van der Waals surface area contributed by atoms with Crippen molar-refractivity contribution in [3.63, 3.8) is 0 Å². The summed E-state index contributed by atoms with van der Waals surface area (Å²) in [4.78, 5) is 15.1. The number of rotatable bonds is 1. The van der Waals surface area contributed by atoms with E-state index < -0.39 is 0 Å². The van der Waals surface area contributed by atoms with E-state index in [0.717, 1.165) is 54.4 Å². The minimum absolute atomic E-state index is 0.337. The van der Waals surface area contributed by atoms with Crippen LogP contribution in [0.4, 0.5) is 11.4 Å². The van der Waals surface area contributed by atoms with Crippen LogP contribution in [0.2, 0.25) is 0 Å². The summed E-state index contributed by atoms with van der Waals surface area (Å²) in [5.74, 6) is 3.90. The van der Waals surface area contributed by atoms with Gasteiger partial charge in [0.25, 0.3) is 0 Å². The highest BCUT2D eigenvalue weighted by Crippen LogP contribution is 2.69. The van der Waals surface area contributed by atoms with Crippen LogP contribution in [0.25, 0.3) is 0 Å².